The van der Waals surface area contributed by atoms with Crippen molar-refractivity contribution >= 4 is 13.7 Å². The number of nitrogens with one attached hydrogen (secondary N) is 1. The maximum absolute atomic E-state index is 13.1. The maximum Gasteiger partial charge on any atom is 0.268 e. The van der Waals surface area contributed by atoms with Gasteiger partial charge in [0.15, 0.2) is 0 Å². The van der Waals surface area contributed by atoms with Gasteiger partial charge in [-0.1, -0.05) is 368 Å². The van der Waals surface area contributed by atoms with E-state index in [9.17, 15) is 19.4 Å². The monoisotopic (exact) mass is 1260 g/mol. The van der Waals surface area contributed by atoms with Crippen LogP contribution in [0.15, 0.2) is 97.2 Å². The molecule has 0 aliphatic carbocycles. The third-order valence-electron chi connectivity index (χ3n) is 17.1. The van der Waals surface area contributed by atoms with E-state index in [1.807, 2.05) is 21.1 Å². The Bertz CT molecular complexity index is 1780. The van der Waals surface area contributed by atoms with E-state index < -0.39 is 20.0 Å². The highest BCUT2D eigenvalue weighted by Gasteiger charge is 2.24. The van der Waals surface area contributed by atoms with Crippen LogP contribution in [0, 0.1) is 0 Å². The number of carbonyl (C=O) groups is 1. The summed E-state index contributed by atoms with van der Waals surface area (Å²) >= 11 is 0. The summed E-state index contributed by atoms with van der Waals surface area (Å²) in [6.45, 7) is 4.65. The lowest BCUT2D eigenvalue weighted by Crippen LogP contribution is -2.46. The minimum atomic E-state index is -4.59. The topological polar surface area (TPSA) is 108 Å². The summed E-state index contributed by atoms with van der Waals surface area (Å²) in [5.41, 5.74) is 0. The van der Waals surface area contributed by atoms with Crippen molar-refractivity contribution in [2.24, 2.45) is 0 Å². The summed E-state index contributed by atoms with van der Waals surface area (Å²) in [5.74, 6) is -0.165. The lowest BCUT2D eigenvalue weighted by molar-refractivity contribution is -0.870. The molecule has 0 heterocycles. The van der Waals surface area contributed by atoms with E-state index in [4.69, 9.17) is 9.05 Å². The zero-order valence-corrected chi connectivity index (χ0v) is 60.3. The number of nitrogens with zero attached hydrogens (tertiary/aromatic N) is 1. The highest BCUT2D eigenvalue weighted by Crippen LogP contribution is 2.38. The largest absolute Gasteiger partial charge is 0.756 e. The molecular weight excluding hydrogens is 1120 g/mol. The lowest BCUT2D eigenvalue weighted by atomic mass is 10.0. The minimum Gasteiger partial charge on any atom is -0.756 e. The van der Waals surface area contributed by atoms with Crippen molar-refractivity contribution in [1.29, 1.82) is 0 Å². The van der Waals surface area contributed by atoms with Gasteiger partial charge in [0.25, 0.3) is 7.82 Å². The van der Waals surface area contributed by atoms with Gasteiger partial charge in [-0.25, -0.2) is 0 Å². The van der Waals surface area contributed by atoms with Gasteiger partial charge in [-0.2, -0.15) is 0 Å². The Hall–Kier alpha value is -2.58. The summed E-state index contributed by atoms with van der Waals surface area (Å²) in [4.78, 5) is 25.7. The Morgan fingerprint density at radius 2 is 0.685 bits per heavy atom. The van der Waals surface area contributed by atoms with Crippen LogP contribution in [-0.2, 0) is 18.4 Å². The maximum atomic E-state index is 13.1. The second-order valence-electron chi connectivity index (χ2n) is 27.0. The van der Waals surface area contributed by atoms with Gasteiger partial charge in [0, 0.05) is 6.42 Å². The number of rotatable bonds is 70. The van der Waals surface area contributed by atoms with Gasteiger partial charge < -0.3 is 28.8 Å². The van der Waals surface area contributed by atoms with Crippen LogP contribution in [0.4, 0.5) is 0 Å². The summed E-state index contributed by atoms with van der Waals surface area (Å²) in [7, 11) is 1.31. The number of phosphoric ester groups is 1. The van der Waals surface area contributed by atoms with E-state index in [-0.39, 0.29) is 19.1 Å². The number of aliphatic hydroxyl groups is 1. The summed E-state index contributed by atoms with van der Waals surface area (Å²) in [6.07, 6.45) is 101. The Morgan fingerprint density at radius 3 is 1.00 bits per heavy atom. The van der Waals surface area contributed by atoms with Crippen LogP contribution in [-0.4, -0.2) is 68.5 Å². The molecule has 0 bridgehead atoms. The first-order valence-electron chi connectivity index (χ1n) is 38.1. The molecular formula is C80H147N2O6P. The van der Waals surface area contributed by atoms with Crippen LogP contribution in [0.3, 0.4) is 0 Å². The van der Waals surface area contributed by atoms with E-state index in [1.165, 1.54) is 238 Å². The molecule has 0 saturated heterocycles. The molecule has 89 heavy (non-hydrogen) atoms. The number of allylic oxidation sites excluding steroid dienone is 16. The molecule has 0 aliphatic rings. The molecule has 1 amide bonds. The predicted octanol–water partition coefficient (Wildman–Crippen LogP) is 24.2. The van der Waals surface area contributed by atoms with Gasteiger partial charge in [-0.3, -0.25) is 9.36 Å². The van der Waals surface area contributed by atoms with Gasteiger partial charge in [0.05, 0.1) is 39.9 Å². The van der Waals surface area contributed by atoms with Gasteiger partial charge in [-0.05, 0) is 77.0 Å². The fourth-order valence-corrected chi connectivity index (χ4v) is 12.0. The van der Waals surface area contributed by atoms with Gasteiger partial charge >= 0.3 is 0 Å². The summed E-state index contributed by atoms with van der Waals surface area (Å²) in [6, 6.07) is -0.809. The Morgan fingerprint density at radius 1 is 0.404 bits per heavy atom. The quantitative estimate of drug-likeness (QED) is 0.0272. The van der Waals surface area contributed by atoms with E-state index in [0.29, 0.717) is 23.9 Å². The summed E-state index contributed by atoms with van der Waals surface area (Å²) in [5, 5.41) is 14.1. The predicted molar refractivity (Wildman–Crippen MR) is 390 cm³/mol. The second-order valence-corrected chi connectivity index (χ2v) is 28.4. The van der Waals surface area contributed by atoms with Crippen molar-refractivity contribution in [3.8, 4) is 0 Å². The SMILES string of the molecule is CC/C=C\C/C=C\C/C=C\C/C=C\C/C=C\C/C=C\C/C=C\C/C=C\CCCCCCCCCCCCCCC(=O)NC(COP(=O)([O-])OCC[N+](C)(C)C)C(O)CCCCCCCCCCCCCCCCCCCCCCCCCCCCCCCC. The first kappa shape index (κ1) is 86.4. The van der Waals surface area contributed by atoms with E-state index in [2.05, 4.69) is 116 Å². The fourth-order valence-electron chi connectivity index (χ4n) is 11.2. The number of amides is 1. The molecule has 9 heteroatoms. The first-order valence-corrected chi connectivity index (χ1v) is 39.5. The molecule has 0 spiro atoms. The molecule has 8 nitrogen and oxygen atoms in total. The molecule has 0 saturated carbocycles. The molecule has 0 aromatic carbocycles. The molecule has 0 aromatic rings. The van der Waals surface area contributed by atoms with E-state index >= 15 is 0 Å². The van der Waals surface area contributed by atoms with Crippen LogP contribution in [0.1, 0.15) is 354 Å². The number of phosphoric acid groups is 1. The average molecular weight is 1260 g/mol. The van der Waals surface area contributed by atoms with Crippen molar-refractivity contribution in [1.82, 2.24) is 5.32 Å². The molecule has 2 N–H and O–H groups in total. The number of likely N-dealkylation sites (N-methyl/N-ethyl adjacent to an activating group) is 1. The number of carbonyl (C=O) groups excluding carboxylic acids is 1. The van der Waals surface area contributed by atoms with Crippen molar-refractivity contribution in [3.63, 3.8) is 0 Å². The zero-order valence-electron chi connectivity index (χ0n) is 59.4. The summed E-state index contributed by atoms with van der Waals surface area (Å²) < 4.78 is 23.6. The molecule has 0 aliphatic heterocycles. The van der Waals surface area contributed by atoms with Crippen LogP contribution in [0.25, 0.3) is 0 Å². The van der Waals surface area contributed by atoms with Gasteiger partial charge in [-0.15, -0.1) is 0 Å². The normalized spacial score (nSPS) is 14.1. The highest BCUT2D eigenvalue weighted by atomic mass is 31.2. The third kappa shape index (κ3) is 72.7. The van der Waals surface area contributed by atoms with Crippen LogP contribution in [0.5, 0.6) is 0 Å². The molecule has 0 fully saturated rings. The molecule has 0 aromatic heterocycles. The molecule has 3 atom stereocenters. The van der Waals surface area contributed by atoms with Gasteiger partial charge in [0.1, 0.15) is 13.2 Å². The fraction of sp³-hybridized carbons (Fsp3) is 0.787. The van der Waals surface area contributed by atoms with Crippen LogP contribution >= 0.6 is 7.82 Å². The van der Waals surface area contributed by atoms with Crippen LogP contribution < -0.4 is 10.2 Å². The Labute approximate surface area is 553 Å². The van der Waals surface area contributed by atoms with Crippen molar-refractivity contribution in [2.45, 2.75) is 366 Å². The second kappa shape index (κ2) is 69.8. The highest BCUT2D eigenvalue weighted by molar-refractivity contribution is 7.45. The Kier molecular flexibility index (Phi) is 67.7. The first-order chi connectivity index (χ1) is 43.5. The standard InChI is InChI=1S/C80H147N2O6P/c1-6-8-10-12-14-16-18-20-22-24-26-28-30-32-34-36-38-39-40-41-42-43-44-46-48-50-52-54-56-58-60-62-64-66-68-70-72-74-80(84)81-78(77-88-89(85,86)87-76-75-82(3,4)5)79(83)73-71-69-67-65-63-61-59-57-55-53-51-49-47-45-37-35-33-31-29-27-25-23-21-19-17-15-13-11-9-7-2/h8,10,14,16,20,22,26,28,32,34,38-39,41-42,44,46,78-79,83H,6-7,9,11-13,15,17-19,21,23-25,27,29-31,33,35-37,40,43,45,47-77H2,1-5H3,(H-,81,84,85,86)/b10-8-,16-14-,22-20-,28-26-,34-32-,39-38-,42-41-,46-44-. The zero-order chi connectivity index (χ0) is 64.8. The number of quaternary nitrogens is 1. The van der Waals surface area contributed by atoms with Gasteiger partial charge in [0.2, 0.25) is 5.91 Å². The Balaban J connectivity index is 4.02. The molecule has 518 valence electrons. The van der Waals surface area contributed by atoms with Crippen molar-refractivity contribution in [3.05, 3.63) is 97.2 Å². The van der Waals surface area contributed by atoms with Crippen LogP contribution in [0.2, 0.25) is 0 Å². The van der Waals surface area contributed by atoms with E-state index in [1.54, 1.807) is 0 Å². The molecule has 3 unspecified atom stereocenters. The minimum absolute atomic E-state index is 0.00927. The number of unbranched alkanes of at least 4 members (excludes halogenated alkanes) is 41. The number of hydrogen-bond donors (Lipinski definition) is 2. The average Bonchev–Trinajstić information content (AvgIpc) is 3.57. The van der Waals surface area contributed by atoms with E-state index in [0.717, 1.165) is 89.9 Å². The lowest BCUT2D eigenvalue weighted by Gasteiger charge is -2.30. The number of hydrogen-bond acceptors (Lipinski definition) is 6. The number of aliphatic hydroxyl groups excluding tert-OH is 1. The smallest absolute Gasteiger partial charge is 0.268 e. The van der Waals surface area contributed by atoms with Crippen molar-refractivity contribution < 1.29 is 32.9 Å². The van der Waals surface area contributed by atoms with Crippen molar-refractivity contribution in [2.75, 3.05) is 40.9 Å². The molecule has 0 rings (SSSR count). The third-order valence-corrected chi connectivity index (χ3v) is 18.1. The molecule has 0 radical (unpaired) electrons.